The summed E-state index contributed by atoms with van der Waals surface area (Å²) in [7, 11) is 1.52. The van der Waals surface area contributed by atoms with Crippen LogP contribution >= 0.6 is 25.2 Å². The SMILES string of the molecule is CC.CC.Cc1cc(Br)cc(C(F)(F)P)c1. The Hall–Kier alpha value is -0.0100. The van der Waals surface area contributed by atoms with Gasteiger partial charge >= 0.3 is 0 Å². The monoisotopic (exact) mass is 312 g/mol. The third kappa shape index (κ3) is 7.29. The van der Waals surface area contributed by atoms with Gasteiger partial charge in [-0.25, -0.2) is 0 Å². The summed E-state index contributed by atoms with van der Waals surface area (Å²) in [5.41, 5.74) is -2.00. The van der Waals surface area contributed by atoms with Crippen molar-refractivity contribution in [3.8, 4) is 0 Å². The van der Waals surface area contributed by atoms with Gasteiger partial charge in [-0.1, -0.05) is 52.9 Å². The van der Waals surface area contributed by atoms with Crippen LogP contribution in [0.4, 0.5) is 8.78 Å². The Morgan fingerprint density at radius 2 is 1.50 bits per heavy atom. The zero-order valence-electron chi connectivity index (χ0n) is 10.4. The second-order valence-corrected chi connectivity index (χ2v) is 4.28. The molecule has 1 atom stereocenters. The smallest absolute Gasteiger partial charge is 0.197 e. The first-order chi connectivity index (χ1) is 7.39. The lowest BCUT2D eigenvalue weighted by molar-refractivity contribution is 0.104. The molecule has 94 valence electrons. The zero-order chi connectivity index (χ0) is 13.4. The van der Waals surface area contributed by atoms with Gasteiger partial charge in [0.15, 0.2) is 0 Å². The lowest BCUT2D eigenvalue weighted by atomic mass is 10.1. The number of aryl methyl sites for hydroxylation is 1. The molecule has 0 saturated heterocycles. The molecular weight excluding hydrogens is 293 g/mol. The number of benzene rings is 1. The highest BCUT2D eigenvalue weighted by atomic mass is 79.9. The van der Waals surface area contributed by atoms with Crippen molar-refractivity contribution < 1.29 is 8.78 Å². The number of alkyl halides is 2. The van der Waals surface area contributed by atoms with Crippen LogP contribution in [0.25, 0.3) is 0 Å². The first kappa shape index (κ1) is 18.4. The molecule has 0 nitrogen and oxygen atoms in total. The van der Waals surface area contributed by atoms with Crippen molar-refractivity contribution in [2.24, 2.45) is 0 Å². The first-order valence-corrected chi connectivity index (χ1v) is 6.71. The highest BCUT2D eigenvalue weighted by Crippen LogP contribution is 2.36. The molecule has 1 aromatic carbocycles. The van der Waals surface area contributed by atoms with Crippen molar-refractivity contribution >= 4 is 25.2 Å². The van der Waals surface area contributed by atoms with E-state index in [9.17, 15) is 8.78 Å². The van der Waals surface area contributed by atoms with E-state index in [1.807, 2.05) is 27.7 Å². The summed E-state index contributed by atoms with van der Waals surface area (Å²) in [6, 6.07) is 4.68. The van der Waals surface area contributed by atoms with Gasteiger partial charge < -0.3 is 0 Å². The lowest BCUT2D eigenvalue weighted by Crippen LogP contribution is -2.02. The summed E-state index contributed by atoms with van der Waals surface area (Å²) < 4.78 is 26.2. The van der Waals surface area contributed by atoms with Crippen LogP contribution in [-0.4, -0.2) is 0 Å². The van der Waals surface area contributed by atoms with Gasteiger partial charge in [0.1, 0.15) is 0 Å². The third-order valence-corrected chi connectivity index (χ3v) is 2.22. The number of hydrogen-bond donors (Lipinski definition) is 0. The van der Waals surface area contributed by atoms with E-state index in [0.29, 0.717) is 4.47 Å². The van der Waals surface area contributed by atoms with E-state index in [4.69, 9.17) is 0 Å². The van der Waals surface area contributed by atoms with Crippen LogP contribution in [-0.2, 0) is 5.66 Å². The zero-order valence-corrected chi connectivity index (χ0v) is 13.2. The minimum Gasteiger partial charge on any atom is -0.197 e. The molecule has 4 heteroatoms. The van der Waals surface area contributed by atoms with Crippen LogP contribution in [0.2, 0.25) is 0 Å². The van der Waals surface area contributed by atoms with Crippen molar-refractivity contribution in [1.29, 1.82) is 0 Å². The van der Waals surface area contributed by atoms with Crippen LogP contribution in [0, 0.1) is 6.92 Å². The van der Waals surface area contributed by atoms with Crippen molar-refractivity contribution in [2.75, 3.05) is 0 Å². The fourth-order valence-electron chi connectivity index (χ4n) is 0.929. The summed E-state index contributed by atoms with van der Waals surface area (Å²) >= 11 is 3.16. The quantitative estimate of drug-likeness (QED) is 0.580. The van der Waals surface area contributed by atoms with E-state index in [1.54, 1.807) is 13.0 Å². The molecule has 0 fully saturated rings. The fourth-order valence-corrected chi connectivity index (χ4v) is 1.70. The van der Waals surface area contributed by atoms with E-state index in [0.717, 1.165) is 5.56 Å². The Balaban J connectivity index is 0. The summed E-state index contributed by atoms with van der Waals surface area (Å²) in [4.78, 5) is 0. The van der Waals surface area contributed by atoms with Crippen molar-refractivity contribution in [2.45, 2.75) is 40.3 Å². The molecule has 16 heavy (non-hydrogen) atoms. The van der Waals surface area contributed by atoms with Crippen LogP contribution in [0.1, 0.15) is 38.8 Å². The molecule has 0 amide bonds. The molecule has 1 unspecified atom stereocenters. The largest absolute Gasteiger partial charge is 0.283 e. The summed E-state index contributed by atoms with van der Waals surface area (Å²) in [6.07, 6.45) is 0. The van der Waals surface area contributed by atoms with Crippen molar-refractivity contribution in [1.82, 2.24) is 0 Å². The van der Waals surface area contributed by atoms with E-state index in [-0.39, 0.29) is 5.56 Å². The summed E-state index contributed by atoms with van der Waals surface area (Å²) in [5.74, 6) is 0. The first-order valence-electron chi connectivity index (χ1n) is 5.34. The summed E-state index contributed by atoms with van der Waals surface area (Å²) in [5, 5.41) is 0. The normalized spacial score (nSPS) is 9.56. The maximum absolute atomic E-state index is 12.8. The average molecular weight is 313 g/mol. The van der Waals surface area contributed by atoms with Crippen LogP contribution in [0.15, 0.2) is 22.7 Å². The second-order valence-electron chi connectivity index (χ2n) is 2.64. The number of hydrogen-bond acceptors (Lipinski definition) is 0. The molecule has 0 radical (unpaired) electrons. The average Bonchev–Trinajstić information content (AvgIpc) is 2.21. The van der Waals surface area contributed by atoms with E-state index < -0.39 is 5.66 Å². The van der Waals surface area contributed by atoms with Gasteiger partial charge in [-0.3, -0.25) is 0 Å². The second kappa shape index (κ2) is 9.07. The standard InChI is InChI=1S/C8H8BrF2P.2C2H6/c1-5-2-6(8(10,11)12)4-7(9)3-5;2*1-2/h2-4H,12H2,1H3;2*1-2H3. The van der Waals surface area contributed by atoms with Crippen LogP contribution in [0.5, 0.6) is 0 Å². The molecule has 0 heterocycles. The van der Waals surface area contributed by atoms with Crippen molar-refractivity contribution in [3.05, 3.63) is 33.8 Å². The minimum absolute atomic E-state index is 0.0133. The van der Waals surface area contributed by atoms with Crippen LogP contribution in [0.3, 0.4) is 0 Å². The lowest BCUT2D eigenvalue weighted by Gasteiger charge is -2.11. The van der Waals surface area contributed by atoms with Gasteiger partial charge in [-0.2, -0.15) is 8.78 Å². The molecule has 0 aliphatic rings. The van der Waals surface area contributed by atoms with Crippen molar-refractivity contribution in [3.63, 3.8) is 0 Å². The maximum Gasteiger partial charge on any atom is 0.283 e. The molecule has 0 aliphatic heterocycles. The highest BCUT2D eigenvalue weighted by molar-refractivity contribution is 9.10. The number of rotatable bonds is 1. The molecule has 0 saturated carbocycles. The Morgan fingerprint density at radius 1 is 1.06 bits per heavy atom. The minimum atomic E-state index is -2.84. The predicted octanol–water partition coefficient (Wildman–Crippen LogP) is 5.73. The summed E-state index contributed by atoms with van der Waals surface area (Å²) in [6.45, 7) is 9.78. The predicted molar refractivity (Wildman–Crippen MR) is 75.2 cm³/mol. The van der Waals surface area contributed by atoms with E-state index in [1.165, 1.54) is 21.4 Å². The van der Waals surface area contributed by atoms with E-state index in [2.05, 4.69) is 15.9 Å². The van der Waals surface area contributed by atoms with Crippen LogP contribution < -0.4 is 0 Å². The Bertz CT molecular complexity index is 275. The van der Waals surface area contributed by atoms with E-state index >= 15 is 0 Å². The Morgan fingerprint density at radius 3 is 1.81 bits per heavy atom. The maximum atomic E-state index is 12.8. The number of halogens is 3. The van der Waals surface area contributed by atoms with Gasteiger partial charge in [0.05, 0.1) is 0 Å². The van der Waals surface area contributed by atoms with Gasteiger partial charge in [-0.05, 0) is 30.7 Å². The molecule has 0 spiro atoms. The molecule has 0 aromatic heterocycles. The third-order valence-electron chi connectivity index (χ3n) is 1.43. The highest BCUT2D eigenvalue weighted by Gasteiger charge is 2.24. The Labute approximate surface area is 108 Å². The molecule has 0 aliphatic carbocycles. The van der Waals surface area contributed by atoms with Gasteiger partial charge in [0, 0.05) is 10.0 Å². The molecule has 0 bridgehead atoms. The van der Waals surface area contributed by atoms with Gasteiger partial charge in [-0.15, -0.1) is 0 Å². The Kier molecular flexibility index (Phi) is 10.4. The fraction of sp³-hybridized carbons (Fsp3) is 0.500. The van der Waals surface area contributed by atoms with Gasteiger partial charge in [0.25, 0.3) is 5.66 Å². The molecule has 1 aromatic rings. The van der Waals surface area contributed by atoms with Gasteiger partial charge in [0.2, 0.25) is 0 Å². The molecular formula is C12H20BrF2P. The molecule has 0 N–H and O–H groups in total. The molecule has 1 rings (SSSR count). The topological polar surface area (TPSA) is 0 Å².